The molecule has 2 atom stereocenters. The van der Waals surface area contributed by atoms with Crippen LogP contribution in [0, 0.1) is 0 Å². The molecule has 5 nitrogen and oxygen atoms in total. The van der Waals surface area contributed by atoms with Crippen molar-refractivity contribution in [1.29, 1.82) is 0 Å². The zero-order valence-corrected chi connectivity index (χ0v) is 10.5. The molecule has 0 spiro atoms. The van der Waals surface area contributed by atoms with E-state index in [1.807, 2.05) is 22.7 Å². The molecule has 1 fully saturated rings. The quantitative estimate of drug-likeness (QED) is 0.827. The minimum atomic E-state index is -0.00557. The number of nitrogens with one attached hydrogen (secondary N) is 1. The Morgan fingerprint density at radius 2 is 2.47 bits per heavy atom. The van der Waals surface area contributed by atoms with Crippen LogP contribution in [0.15, 0.2) is 18.7 Å². The minimum absolute atomic E-state index is 0.00557. The molecule has 1 aliphatic rings. The largest absolute Gasteiger partial charge is 0.337 e. The molecule has 0 saturated carbocycles. The number of hydrogen-bond donors (Lipinski definition) is 1. The molecular weight excluding hydrogens is 216 g/mol. The Morgan fingerprint density at radius 3 is 3.12 bits per heavy atom. The third-order valence-corrected chi connectivity index (χ3v) is 3.39. The lowest BCUT2D eigenvalue weighted by Gasteiger charge is -2.36. The van der Waals surface area contributed by atoms with Crippen molar-refractivity contribution >= 4 is 5.91 Å². The van der Waals surface area contributed by atoms with Crippen LogP contribution < -0.4 is 5.32 Å². The van der Waals surface area contributed by atoms with E-state index >= 15 is 0 Å². The van der Waals surface area contributed by atoms with E-state index in [-0.39, 0.29) is 18.0 Å². The Hall–Kier alpha value is -1.36. The number of likely N-dealkylation sites (tertiary alicyclic amines) is 1. The van der Waals surface area contributed by atoms with Gasteiger partial charge in [0, 0.05) is 31.5 Å². The highest BCUT2D eigenvalue weighted by atomic mass is 16.2. The van der Waals surface area contributed by atoms with E-state index in [9.17, 15) is 4.79 Å². The number of imidazole rings is 1. The van der Waals surface area contributed by atoms with Gasteiger partial charge in [-0.15, -0.1) is 0 Å². The summed E-state index contributed by atoms with van der Waals surface area (Å²) in [5.41, 5.74) is 0. The molecule has 5 heteroatoms. The maximum Gasteiger partial charge on any atom is 0.239 e. The van der Waals surface area contributed by atoms with Gasteiger partial charge in [0.15, 0.2) is 0 Å². The van der Waals surface area contributed by atoms with Gasteiger partial charge in [-0.2, -0.15) is 0 Å². The van der Waals surface area contributed by atoms with Crippen LogP contribution in [0.3, 0.4) is 0 Å². The zero-order chi connectivity index (χ0) is 12.3. The predicted molar refractivity (Wildman–Crippen MR) is 65.5 cm³/mol. The summed E-state index contributed by atoms with van der Waals surface area (Å²) in [6.45, 7) is 3.77. The Balaban J connectivity index is 1.98. The lowest BCUT2D eigenvalue weighted by atomic mass is 10.0. The summed E-state index contributed by atoms with van der Waals surface area (Å²) in [4.78, 5) is 18.2. The molecule has 0 aromatic carbocycles. The molecular formula is C12H20N4O. The number of carbonyl (C=O) groups is 1. The van der Waals surface area contributed by atoms with Gasteiger partial charge in [-0.25, -0.2) is 4.98 Å². The average molecular weight is 236 g/mol. The molecule has 2 rings (SSSR count). The fourth-order valence-corrected chi connectivity index (χ4v) is 2.40. The van der Waals surface area contributed by atoms with E-state index < -0.39 is 0 Å². The lowest BCUT2D eigenvalue weighted by Crippen LogP contribution is -2.53. The number of rotatable bonds is 4. The highest BCUT2D eigenvalue weighted by molar-refractivity contribution is 5.82. The second-order valence-electron chi connectivity index (χ2n) is 4.62. The molecule has 1 N–H and O–H groups in total. The van der Waals surface area contributed by atoms with Gasteiger partial charge in [-0.3, -0.25) is 4.79 Å². The van der Waals surface area contributed by atoms with Crippen LogP contribution in [-0.4, -0.2) is 46.0 Å². The monoisotopic (exact) mass is 236 g/mol. The summed E-state index contributed by atoms with van der Waals surface area (Å²) in [6, 6.07) is 0.210. The fraction of sp³-hybridized carbons (Fsp3) is 0.667. The molecule has 0 radical (unpaired) electrons. The zero-order valence-electron chi connectivity index (χ0n) is 10.5. The van der Waals surface area contributed by atoms with Gasteiger partial charge in [-0.05, 0) is 26.8 Å². The lowest BCUT2D eigenvalue weighted by molar-refractivity contribution is -0.138. The highest BCUT2D eigenvalue weighted by Gasteiger charge is 2.30. The molecule has 1 aromatic heterocycles. The summed E-state index contributed by atoms with van der Waals surface area (Å²) < 4.78 is 2.01. The standard InChI is InChI=1S/C12H20N4O/c1-10(8-15-7-5-14-9-15)16-6-3-4-11(13-2)12(16)17/h5,7,9-11,13H,3-4,6,8H2,1-2H3. The van der Waals surface area contributed by atoms with Gasteiger partial charge in [0.25, 0.3) is 0 Å². The van der Waals surface area contributed by atoms with Crippen molar-refractivity contribution in [3.05, 3.63) is 18.7 Å². The number of nitrogens with zero attached hydrogens (tertiary/aromatic N) is 3. The molecule has 1 aliphatic heterocycles. The van der Waals surface area contributed by atoms with E-state index in [1.54, 1.807) is 12.5 Å². The molecule has 94 valence electrons. The smallest absolute Gasteiger partial charge is 0.239 e. The van der Waals surface area contributed by atoms with Crippen molar-refractivity contribution in [2.45, 2.75) is 38.4 Å². The van der Waals surface area contributed by atoms with Gasteiger partial charge in [-0.1, -0.05) is 0 Å². The summed E-state index contributed by atoms with van der Waals surface area (Å²) in [7, 11) is 1.85. The number of likely N-dealkylation sites (N-methyl/N-ethyl adjacent to an activating group) is 1. The van der Waals surface area contributed by atoms with Gasteiger partial charge in [0.1, 0.15) is 0 Å². The Morgan fingerprint density at radius 1 is 1.65 bits per heavy atom. The second-order valence-corrected chi connectivity index (χ2v) is 4.62. The maximum absolute atomic E-state index is 12.2. The molecule has 17 heavy (non-hydrogen) atoms. The molecule has 0 aliphatic carbocycles. The SMILES string of the molecule is CNC1CCCN(C(C)Cn2ccnc2)C1=O. The van der Waals surface area contributed by atoms with Crippen LogP contribution in [0.2, 0.25) is 0 Å². The molecule has 1 aromatic rings. The van der Waals surface area contributed by atoms with Crippen LogP contribution in [0.25, 0.3) is 0 Å². The van der Waals surface area contributed by atoms with Crippen molar-refractivity contribution in [3.8, 4) is 0 Å². The first-order valence-corrected chi connectivity index (χ1v) is 6.16. The molecule has 0 bridgehead atoms. The Labute approximate surface area is 102 Å². The van der Waals surface area contributed by atoms with Crippen LogP contribution in [0.5, 0.6) is 0 Å². The molecule has 2 unspecified atom stereocenters. The van der Waals surface area contributed by atoms with Crippen molar-refractivity contribution in [2.75, 3.05) is 13.6 Å². The number of piperidine rings is 1. The summed E-state index contributed by atoms with van der Waals surface area (Å²) in [5, 5.41) is 3.09. The van der Waals surface area contributed by atoms with Gasteiger partial charge >= 0.3 is 0 Å². The minimum Gasteiger partial charge on any atom is -0.337 e. The van der Waals surface area contributed by atoms with E-state index in [2.05, 4.69) is 17.2 Å². The van der Waals surface area contributed by atoms with Crippen LogP contribution in [-0.2, 0) is 11.3 Å². The third kappa shape index (κ3) is 2.66. The molecule has 1 amide bonds. The van der Waals surface area contributed by atoms with Crippen LogP contribution in [0.1, 0.15) is 19.8 Å². The van der Waals surface area contributed by atoms with Crippen molar-refractivity contribution in [3.63, 3.8) is 0 Å². The summed E-state index contributed by atoms with van der Waals surface area (Å²) >= 11 is 0. The number of hydrogen-bond acceptors (Lipinski definition) is 3. The first-order valence-electron chi connectivity index (χ1n) is 6.16. The van der Waals surface area contributed by atoms with E-state index in [1.165, 1.54) is 0 Å². The molecule has 2 heterocycles. The Kier molecular flexibility index (Phi) is 3.78. The highest BCUT2D eigenvalue weighted by Crippen LogP contribution is 2.15. The molecule has 1 saturated heterocycles. The normalized spacial score (nSPS) is 22.8. The van der Waals surface area contributed by atoms with Gasteiger partial charge < -0.3 is 14.8 Å². The van der Waals surface area contributed by atoms with E-state index in [4.69, 9.17) is 0 Å². The summed E-state index contributed by atoms with van der Waals surface area (Å²) in [6.07, 6.45) is 7.51. The van der Waals surface area contributed by atoms with Gasteiger partial charge in [0.05, 0.1) is 12.4 Å². The topological polar surface area (TPSA) is 50.2 Å². The third-order valence-electron chi connectivity index (χ3n) is 3.39. The van der Waals surface area contributed by atoms with Crippen LogP contribution in [0.4, 0.5) is 0 Å². The first kappa shape index (κ1) is 12.1. The number of carbonyl (C=O) groups excluding carboxylic acids is 1. The fourth-order valence-electron chi connectivity index (χ4n) is 2.40. The van der Waals surface area contributed by atoms with Crippen LogP contribution >= 0.6 is 0 Å². The second kappa shape index (κ2) is 5.31. The van der Waals surface area contributed by atoms with Crippen molar-refractivity contribution in [1.82, 2.24) is 19.8 Å². The maximum atomic E-state index is 12.2. The van der Waals surface area contributed by atoms with E-state index in [0.29, 0.717) is 0 Å². The van der Waals surface area contributed by atoms with E-state index in [0.717, 1.165) is 25.9 Å². The first-order chi connectivity index (χ1) is 8.22. The van der Waals surface area contributed by atoms with Crippen molar-refractivity contribution < 1.29 is 4.79 Å². The average Bonchev–Trinajstić information content (AvgIpc) is 2.82. The number of amides is 1. The predicted octanol–water partition coefficient (Wildman–Crippen LogP) is 0.482. The van der Waals surface area contributed by atoms with Crippen molar-refractivity contribution in [2.24, 2.45) is 0 Å². The Bertz CT molecular complexity index is 363. The number of aromatic nitrogens is 2. The van der Waals surface area contributed by atoms with Gasteiger partial charge in [0.2, 0.25) is 5.91 Å². The summed E-state index contributed by atoms with van der Waals surface area (Å²) in [5.74, 6) is 0.228.